The molecule has 1 aromatic heterocycles. The Morgan fingerprint density at radius 1 is 1.24 bits per heavy atom. The molecule has 0 unspecified atom stereocenters. The van der Waals surface area contributed by atoms with Crippen LogP contribution in [0, 0.1) is 18.3 Å². The van der Waals surface area contributed by atoms with Crippen molar-refractivity contribution in [2.45, 2.75) is 6.92 Å². The predicted molar refractivity (Wildman–Crippen MR) is 74.0 cm³/mol. The maximum Gasteiger partial charge on any atom is 0.0998 e. The monoisotopic (exact) mass is 259 g/mol. The number of hydrogen-bond acceptors (Lipinski definition) is 2. The molecule has 0 atom stereocenters. The highest BCUT2D eigenvalue weighted by Gasteiger charge is 2.02. The fourth-order valence-electron chi connectivity index (χ4n) is 1.46. The van der Waals surface area contributed by atoms with Crippen LogP contribution in [0.15, 0.2) is 36.4 Å². The summed E-state index contributed by atoms with van der Waals surface area (Å²) in [5, 5.41) is 9.17. The zero-order chi connectivity index (χ0) is 12.3. The van der Waals surface area contributed by atoms with E-state index >= 15 is 0 Å². The van der Waals surface area contributed by atoms with Crippen molar-refractivity contribution in [1.82, 2.24) is 0 Å². The van der Waals surface area contributed by atoms with Crippen LogP contribution in [0.25, 0.3) is 11.6 Å². The quantitative estimate of drug-likeness (QED) is 0.713. The minimum absolute atomic E-state index is 0.656. The summed E-state index contributed by atoms with van der Waals surface area (Å²) in [5.41, 5.74) is 2.77. The van der Waals surface area contributed by atoms with Crippen LogP contribution in [-0.4, -0.2) is 0 Å². The molecule has 0 N–H and O–H groups in total. The average molecular weight is 260 g/mol. The third-order valence-corrected chi connectivity index (χ3v) is 3.54. The van der Waals surface area contributed by atoms with Crippen LogP contribution in [0.5, 0.6) is 0 Å². The normalized spacial score (nSPS) is 11.2. The van der Waals surface area contributed by atoms with E-state index < -0.39 is 0 Å². The van der Waals surface area contributed by atoms with Crippen molar-refractivity contribution in [3.63, 3.8) is 0 Å². The first-order chi connectivity index (χ1) is 8.19. The Hall–Kier alpha value is -1.56. The van der Waals surface area contributed by atoms with Crippen molar-refractivity contribution in [3.05, 3.63) is 56.7 Å². The molecule has 0 saturated heterocycles. The molecular weight excluding hydrogens is 250 g/mol. The summed E-state index contributed by atoms with van der Waals surface area (Å²) >= 11 is 7.33. The number of allylic oxidation sites excluding steroid dienone is 1. The Kier molecular flexibility index (Phi) is 3.63. The number of aryl methyl sites for hydroxylation is 1. The minimum atomic E-state index is 0.656. The van der Waals surface area contributed by atoms with Gasteiger partial charge in [0.2, 0.25) is 0 Å². The first-order valence-corrected chi connectivity index (χ1v) is 6.32. The number of halogens is 1. The van der Waals surface area contributed by atoms with Gasteiger partial charge < -0.3 is 0 Å². The van der Waals surface area contributed by atoms with Gasteiger partial charge in [-0.25, -0.2) is 0 Å². The molecule has 0 aliphatic heterocycles. The number of nitrogens with zero attached hydrogens (tertiary/aromatic N) is 1. The summed E-state index contributed by atoms with van der Waals surface area (Å²) in [5.74, 6) is 0. The van der Waals surface area contributed by atoms with Crippen LogP contribution in [0.3, 0.4) is 0 Å². The lowest BCUT2D eigenvalue weighted by molar-refractivity contribution is 1.45. The standard InChI is InChI=1S/C14H10ClNS/c1-10-2-4-11(5-3-10)12(9-16)8-13-6-7-14(15)17-13/h2-8H,1H3/b12-8+. The van der Waals surface area contributed by atoms with Gasteiger partial charge in [-0.2, -0.15) is 5.26 Å². The van der Waals surface area contributed by atoms with Gasteiger partial charge in [0.1, 0.15) is 0 Å². The van der Waals surface area contributed by atoms with Crippen LogP contribution in [0.1, 0.15) is 16.0 Å². The highest BCUT2D eigenvalue weighted by molar-refractivity contribution is 7.17. The smallest absolute Gasteiger partial charge is 0.0998 e. The van der Waals surface area contributed by atoms with E-state index in [1.807, 2.05) is 49.4 Å². The molecule has 0 fully saturated rings. The highest BCUT2D eigenvalue weighted by atomic mass is 35.5. The van der Waals surface area contributed by atoms with E-state index in [0.29, 0.717) is 5.57 Å². The number of nitriles is 1. The summed E-state index contributed by atoms with van der Waals surface area (Å²) in [4.78, 5) is 0.993. The second kappa shape index (κ2) is 5.18. The predicted octanol–water partition coefficient (Wildman–Crippen LogP) is 4.77. The van der Waals surface area contributed by atoms with E-state index in [-0.39, 0.29) is 0 Å². The SMILES string of the molecule is Cc1ccc(/C(C#N)=C/c2ccc(Cl)s2)cc1. The number of hydrogen-bond donors (Lipinski definition) is 0. The van der Waals surface area contributed by atoms with Gasteiger partial charge >= 0.3 is 0 Å². The summed E-state index contributed by atoms with van der Waals surface area (Å²) in [6.45, 7) is 2.03. The van der Waals surface area contributed by atoms with Crippen molar-refractivity contribution in [2.24, 2.45) is 0 Å². The lowest BCUT2D eigenvalue weighted by atomic mass is 10.0. The molecule has 0 bridgehead atoms. The van der Waals surface area contributed by atoms with Gasteiger partial charge in [0, 0.05) is 4.88 Å². The number of thiophene rings is 1. The van der Waals surface area contributed by atoms with Crippen LogP contribution in [0.2, 0.25) is 4.34 Å². The minimum Gasteiger partial charge on any atom is -0.192 e. The Bertz CT molecular complexity index is 587. The Morgan fingerprint density at radius 3 is 2.47 bits per heavy atom. The van der Waals surface area contributed by atoms with Crippen molar-refractivity contribution in [3.8, 4) is 6.07 Å². The fraction of sp³-hybridized carbons (Fsp3) is 0.0714. The van der Waals surface area contributed by atoms with Crippen molar-refractivity contribution in [2.75, 3.05) is 0 Å². The number of rotatable bonds is 2. The second-order valence-corrected chi connectivity index (χ2v) is 5.42. The van der Waals surface area contributed by atoms with E-state index in [1.54, 1.807) is 0 Å². The first kappa shape index (κ1) is 11.9. The van der Waals surface area contributed by atoms with Gasteiger partial charge in [-0.3, -0.25) is 0 Å². The zero-order valence-electron chi connectivity index (χ0n) is 9.27. The molecule has 0 amide bonds. The van der Waals surface area contributed by atoms with Crippen molar-refractivity contribution < 1.29 is 0 Å². The molecule has 0 saturated carbocycles. The maximum absolute atomic E-state index is 9.17. The van der Waals surface area contributed by atoms with Crippen LogP contribution < -0.4 is 0 Å². The number of benzene rings is 1. The maximum atomic E-state index is 9.17. The third-order valence-electron chi connectivity index (χ3n) is 2.36. The molecule has 3 heteroatoms. The summed E-state index contributed by atoms with van der Waals surface area (Å²) < 4.78 is 0.734. The van der Waals surface area contributed by atoms with E-state index in [1.165, 1.54) is 16.9 Å². The molecule has 17 heavy (non-hydrogen) atoms. The van der Waals surface area contributed by atoms with E-state index in [9.17, 15) is 5.26 Å². The van der Waals surface area contributed by atoms with E-state index in [2.05, 4.69) is 6.07 Å². The Balaban J connectivity index is 2.37. The largest absolute Gasteiger partial charge is 0.192 e. The summed E-state index contributed by atoms with van der Waals surface area (Å²) in [6.07, 6.45) is 1.86. The van der Waals surface area contributed by atoms with Gasteiger partial charge in [-0.15, -0.1) is 11.3 Å². The lowest BCUT2D eigenvalue weighted by Crippen LogP contribution is -1.81. The lowest BCUT2D eigenvalue weighted by Gasteiger charge is -1.99. The van der Waals surface area contributed by atoms with Crippen LogP contribution >= 0.6 is 22.9 Å². The summed E-state index contributed by atoms with van der Waals surface area (Å²) in [7, 11) is 0. The van der Waals surface area contributed by atoms with Crippen LogP contribution in [0.4, 0.5) is 0 Å². The molecule has 0 spiro atoms. The molecular formula is C14H10ClNS. The molecule has 0 radical (unpaired) electrons. The Morgan fingerprint density at radius 2 is 1.94 bits per heavy atom. The van der Waals surface area contributed by atoms with E-state index in [4.69, 9.17) is 11.6 Å². The van der Waals surface area contributed by atoms with Crippen LogP contribution in [-0.2, 0) is 0 Å². The average Bonchev–Trinajstić information content (AvgIpc) is 2.73. The van der Waals surface area contributed by atoms with Gasteiger partial charge in [0.05, 0.1) is 16.0 Å². The topological polar surface area (TPSA) is 23.8 Å². The van der Waals surface area contributed by atoms with Gasteiger partial charge in [-0.1, -0.05) is 41.4 Å². The molecule has 0 aliphatic carbocycles. The fourth-order valence-corrected chi connectivity index (χ4v) is 2.47. The third kappa shape index (κ3) is 2.97. The molecule has 1 nitrogen and oxygen atoms in total. The van der Waals surface area contributed by atoms with Crippen molar-refractivity contribution >= 4 is 34.6 Å². The summed E-state index contributed by atoms with van der Waals surface area (Å²) in [6, 6.07) is 13.9. The molecule has 1 heterocycles. The molecule has 1 aromatic carbocycles. The molecule has 0 aliphatic rings. The first-order valence-electron chi connectivity index (χ1n) is 5.13. The second-order valence-electron chi connectivity index (χ2n) is 3.68. The van der Waals surface area contributed by atoms with Gasteiger partial charge in [0.15, 0.2) is 0 Å². The zero-order valence-corrected chi connectivity index (χ0v) is 10.8. The van der Waals surface area contributed by atoms with E-state index in [0.717, 1.165) is 14.8 Å². The molecule has 2 aromatic rings. The Labute approximate surface area is 110 Å². The molecule has 2 rings (SSSR count). The van der Waals surface area contributed by atoms with Crippen molar-refractivity contribution in [1.29, 1.82) is 5.26 Å². The molecule has 84 valence electrons. The van der Waals surface area contributed by atoms with Gasteiger partial charge in [-0.05, 0) is 30.7 Å². The highest BCUT2D eigenvalue weighted by Crippen LogP contribution is 2.26. The van der Waals surface area contributed by atoms with Gasteiger partial charge in [0.25, 0.3) is 0 Å².